The lowest BCUT2D eigenvalue weighted by molar-refractivity contribution is 0.0606. The predicted octanol–water partition coefficient (Wildman–Crippen LogP) is 1.26. The first-order valence-electron chi connectivity index (χ1n) is 8.03. The van der Waals surface area contributed by atoms with Crippen molar-refractivity contribution in [2.24, 2.45) is 19.1 Å². The summed E-state index contributed by atoms with van der Waals surface area (Å²) in [5.41, 5.74) is 0.811. The Morgan fingerprint density at radius 3 is 2.44 bits per heavy atom. The molecule has 27 heavy (non-hydrogen) atoms. The molecule has 1 aromatic carbocycles. The van der Waals surface area contributed by atoms with Gasteiger partial charge in [-0.25, -0.2) is 14.5 Å². The van der Waals surface area contributed by atoms with E-state index in [1.165, 1.54) is 29.5 Å². The summed E-state index contributed by atoms with van der Waals surface area (Å²) in [6, 6.07) is 10.4. The number of methoxy groups -OCH3 is 1. The van der Waals surface area contributed by atoms with Crippen molar-refractivity contribution in [2.45, 2.75) is 6.92 Å². The van der Waals surface area contributed by atoms with Crippen molar-refractivity contribution < 1.29 is 9.53 Å². The van der Waals surface area contributed by atoms with E-state index in [0.717, 1.165) is 11.3 Å². The minimum absolute atomic E-state index is 0.122. The Labute approximate surface area is 158 Å². The van der Waals surface area contributed by atoms with Gasteiger partial charge in [0.1, 0.15) is 4.88 Å². The van der Waals surface area contributed by atoms with Crippen molar-refractivity contribution in [3.8, 4) is 5.69 Å². The fourth-order valence-electron chi connectivity index (χ4n) is 2.58. The zero-order valence-corrected chi connectivity index (χ0v) is 16.1. The lowest BCUT2D eigenvalue weighted by atomic mass is 10.3. The number of aromatic nitrogens is 3. The van der Waals surface area contributed by atoms with Crippen LogP contribution in [0.5, 0.6) is 0 Å². The van der Waals surface area contributed by atoms with Crippen molar-refractivity contribution in [1.82, 2.24) is 13.9 Å². The van der Waals surface area contributed by atoms with Gasteiger partial charge < -0.3 is 4.74 Å². The van der Waals surface area contributed by atoms with Crippen LogP contribution in [0.2, 0.25) is 0 Å². The first-order chi connectivity index (χ1) is 12.8. The first kappa shape index (κ1) is 18.6. The molecule has 0 aliphatic carbocycles. The lowest BCUT2D eigenvalue weighted by Gasteiger charge is -2.07. The maximum atomic E-state index is 13.0. The number of carbonyl (C=O) groups excluding carboxylic acids is 1. The SMILES string of the molecule is COC(=O)c1cc(=O)n(C)c(=Nc2c(C)n(C)n(-c3ccccc3)c2=O)s1. The van der Waals surface area contributed by atoms with E-state index in [1.54, 1.807) is 18.7 Å². The van der Waals surface area contributed by atoms with E-state index < -0.39 is 11.5 Å². The Bertz CT molecular complexity index is 1200. The van der Waals surface area contributed by atoms with Gasteiger partial charge in [0.15, 0.2) is 10.5 Å². The molecule has 0 N–H and O–H groups in total. The number of benzene rings is 1. The molecule has 0 saturated carbocycles. The minimum Gasteiger partial charge on any atom is -0.465 e. The lowest BCUT2D eigenvalue weighted by Crippen LogP contribution is -2.30. The highest BCUT2D eigenvalue weighted by Gasteiger charge is 2.16. The summed E-state index contributed by atoms with van der Waals surface area (Å²) < 4.78 is 9.16. The number of para-hydroxylation sites is 1. The number of hydrogen-bond donors (Lipinski definition) is 0. The van der Waals surface area contributed by atoms with Crippen LogP contribution in [0.4, 0.5) is 5.69 Å². The Balaban J connectivity index is 2.29. The minimum atomic E-state index is -0.624. The molecule has 0 spiro atoms. The molecule has 0 aliphatic rings. The van der Waals surface area contributed by atoms with Gasteiger partial charge >= 0.3 is 5.97 Å². The Morgan fingerprint density at radius 2 is 1.81 bits per heavy atom. The zero-order chi connectivity index (χ0) is 19.7. The molecule has 0 unspecified atom stereocenters. The Morgan fingerprint density at radius 1 is 1.15 bits per heavy atom. The average Bonchev–Trinajstić information content (AvgIpc) is 2.88. The summed E-state index contributed by atoms with van der Waals surface area (Å²) in [6.45, 7) is 1.77. The standard InChI is InChI=1S/C18H18N4O4S/c1-11-15(16(24)22(21(11)3)12-8-6-5-7-9-12)19-18-20(2)14(23)10-13(27-18)17(25)26-4/h5-10H,1-4H3. The van der Waals surface area contributed by atoms with Gasteiger partial charge in [-0.3, -0.25) is 18.8 Å². The molecular formula is C18H18N4O4S. The molecule has 2 aromatic heterocycles. The second kappa shape index (κ2) is 7.20. The predicted molar refractivity (Wildman–Crippen MR) is 102 cm³/mol. The van der Waals surface area contributed by atoms with Crippen LogP contribution in [0.25, 0.3) is 5.69 Å². The van der Waals surface area contributed by atoms with Gasteiger partial charge in [0.25, 0.3) is 11.1 Å². The summed E-state index contributed by atoms with van der Waals surface area (Å²) in [4.78, 5) is 41.7. The summed E-state index contributed by atoms with van der Waals surface area (Å²) in [5, 5.41) is 0. The quantitative estimate of drug-likeness (QED) is 0.634. The molecule has 0 saturated heterocycles. The third-order valence-electron chi connectivity index (χ3n) is 4.19. The largest absolute Gasteiger partial charge is 0.465 e. The normalized spacial score (nSPS) is 11.6. The number of nitrogens with zero attached hydrogens (tertiary/aromatic N) is 4. The van der Waals surface area contributed by atoms with Crippen molar-refractivity contribution >= 4 is 23.0 Å². The average molecular weight is 386 g/mol. The molecule has 8 nitrogen and oxygen atoms in total. The van der Waals surface area contributed by atoms with Gasteiger partial charge in [-0.05, 0) is 19.1 Å². The Kier molecular flexibility index (Phi) is 4.95. The molecule has 3 rings (SSSR count). The highest BCUT2D eigenvalue weighted by Crippen LogP contribution is 2.16. The van der Waals surface area contributed by atoms with Gasteiger partial charge in [0, 0.05) is 20.2 Å². The highest BCUT2D eigenvalue weighted by atomic mass is 32.1. The fraction of sp³-hybridized carbons (Fsp3) is 0.222. The summed E-state index contributed by atoms with van der Waals surface area (Å²) in [7, 11) is 4.53. The molecule has 3 aromatic rings. The molecule has 0 amide bonds. The van der Waals surface area contributed by atoms with Crippen LogP contribution in [0.1, 0.15) is 15.4 Å². The van der Waals surface area contributed by atoms with Crippen LogP contribution >= 0.6 is 11.3 Å². The molecule has 0 atom stereocenters. The highest BCUT2D eigenvalue weighted by molar-refractivity contribution is 7.11. The van der Waals surface area contributed by atoms with E-state index in [0.29, 0.717) is 11.4 Å². The molecule has 0 bridgehead atoms. The number of hydrogen-bond acceptors (Lipinski definition) is 6. The number of ether oxygens (including phenoxy) is 1. The summed E-state index contributed by atoms with van der Waals surface area (Å²) in [6.07, 6.45) is 0. The molecule has 0 radical (unpaired) electrons. The van der Waals surface area contributed by atoms with Crippen molar-refractivity contribution in [2.75, 3.05) is 7.11 Å². The van der Waals surface area contributed by atoms with Gasteiger partial charge in [-0.1, -0.05) is 29.5 Å². The monoisotopic (exact) mass is 386 g/mol. The van der Waals surface area contributed by atoms with Crippen LogP contribution in [0, 0.1) is 6.92 Å². The van der Waals surface area contributed by atoms with Crippen LogP contribution < -0.4 is 15.9 Å². The van der Waals surface area contributed by atoms with Crippen LogP contribution in [-0.4, -0.2) is 27.0 Å². The van der Waals surface area contributed by atoms with E-state index in [9.17, 15) is 14.4 Å². The maximum absolute atomic E-state index is 13.0. The van der Waals surface area contributed by atoms with Crippen molar-refractivity contribution in [3.63, 3.8) is 0 Å². The maximum Gasteiger partial charge on any atom is 0.348 e. The topological polar surface area (TPSA) is 87.6 Å². The zero-order valence-electron chi connectivity index (χ0n) is 15.3. The van der Waals surface area contributed by atoms with E-state index in [2.05, 4.69) is 9.73 Å². The van der Waals surface area contributed by atoms with E-state index in [1.807, 2.05) is 30.3 Å². The molecule has 0 aliphatic heterocycles. The smallest absolute Gasteiger partial charge is 0.348 e. The van der Waals surface area contributed by atoms with Crippen molar-refractivity contribution in [1.29, 1.82) is 0 Å². The molecular weight excluding hydrogens is 368 g/mol. The van der Waals surface area contributed by atoms with E-state index in [-0.39, 0.29) is 20.9 Å². The van der Waals surface area contributed by atoms with Gasteiger partial charge in [-0.15, -0.1) is 0 Å². The van der Waals surface area contributed by atoms with Gasteiger partial charge in [0.2, 0.25) is 0 Å². The number of esters is 1. The van der Waals surface area contributed by atoms with Gasteiger partial charge in [-0.2, -0.15) is 0 Å². The number of rotatable bonds is 3. The fourth-order valence-corrected chi connectivity index (χ4v) is 3.46. The second-order valence-corrected chi connectivity index (χ2v) is 6.81. The second-order valence-electron chi connectivity index (χ2n) is 5.80. The molecule has 140 valence electrons. The molecule has 9 heteroatoms. The van der Waals surface area contributed by atoms with Crippen molar-refractivity contribution in [3.05, 3.63) is 72.5 Å². The van der Waals surface area contributed by atoms with Crippen LogP contribution in [-0.2, 0) is 18.8 Å². The first-order valence-corrected chi connectivity index (χ1v) is 8.85. The molecule has 0 fully saturated rings. The molecule has 2 heterocycles. The summed E-state index contributed by atoms with van der Waals surface area (Å²) >= 11 is 0.983. The Hall–Kier alpha value is -3.20. The third kappa shape index (κ3) is 3.28. The van der Waals surface area contributed by atoms with Gasteiger partial charge in [0.05, 0.1) is 18.5 Å². The third-order valence-corrected chi connectivity index (χ3v) is 5.24. The summed E-state index contributed by atoms with van der Waals surface area (Å²) in [5.74, 6) is -0.624. The number of carbonyl (C=O) groups is 1. The van der Waals surface area contributed by atoms with Crippen LogP contribution in [0.3, 0.4) is 0 Å². The van der Waals surface area contributed by atoms with Crippen LogP contribution in [0.15, 0.2) is 51.0 Å². The van der Waals surface area contributed by atoms with E-state index in [4.69, 9.17) is 0 Å². The van der Waals surface area contributed by atoms with E-state index >= 15 is 0 Å².